The van der Waals surface area contributed by atoms with Gasteiger partial charge in [-0.15, -0.1) is 0 Å². The first-order valence-electron chi connectivity index (χ1n) is 13.8. The number of aryl methyl sites for hydroxylation is 2. The van der Waals surface area contributed by atoms with Gasteiger partial charge >= 0.3 is 11.8 Å². The van der Waals surface area contributed by atoms with E-state index in [1.54, 1.807) is 33.9 Å². The molecule has 1 unspecified atom stereocenters. The van der Waals surface area contributed by atoms with Crippen LogP contribution in [0, 0.1) is 0 Å². The molecule has 2 atom stereocenters. The van der Waals surface area contributed by atoms with E-state index in [9.17, 15) is 32.4 Å². The van der Waals surface area contributed by atoms with Crippen LogP contribution in [-0.2, 0) is 42.6 Å². The van der Waals surface area contributed by atoms with Crippen molar-refractivity contribution in [3.05, 3.63) is 34.2 Å². The number of nitrogens with zero attached hydrogens (tertiary/aromatic N) is 4. The summed E-state index contributed by atoms with van der Waals surface area (Å²) in [5.41, 5.74) is 1.14. The molecule has 0 spiro atoms. The maximum absolute atomic E-state index is 13.0. The van der Waals surface area contributed by atoms with E-state index in [-0.39, 0.29) is 37.5 Å². The largest absolute Gasteiger partial charge is 0.444 e. The topological polar surface area (TPSA) is 169 Å². The zero-order chi connectivity index (χ0) is 31.0. The van der Waals surface area contributed by atoms with E-state index in [0.29, 0.717) is 37.0 Å². The van der Waals surface area contributed by atoms with E-state index in [2.05, 4.69) is 5.32 Å². The summed E-state index contributed by atoms with van der Waals surface area (Å²) in [5.74, 6) is -1.62. The van der Waals surface area contributed by atoms with Crippen LogP contribution in [0.5, 0.6) is 0 Å². The molecule has 0 bridgehead atoms. The van der Waals surface area contributed by atoms with Crippen LogP contribution in [0.15, 0.2) is 23.0 Å². The van der Waals surface area contributed by atoms with E-state index in [4.69, 9.17) is 4.74 Å². The molecular formula is C27H38N6O8S. The lowest BCUT2D eigenvalue weighted by Gasteiger charge is -2.40. The van der Waals surface area contributed by atoms with Gasteiger partial charge in [-0.25, -0.2) is 18.0 Å². The number of piperidine rings is 1. The average Bonchev–Trinajstić information content (AvgIpc) is 3.11. The van der Waals surface area contributed by atoms with Gasteiger partial charge in [0.25, 0.3) is 5.91 Å². The number of carbonyl (C=O) groups is 4. The fraction of sp³-hybridized carbons (Fsp3) is 0.593. The van der Waals surface area contributed by atoms with Crippen molar-refractivity contribution in [3.63, 3.8) is 0 Å². The summed E-state index contributed by atoms with van der Waals surface area (Å²) < 4.78 is 33.8. The Kier molecular flexibility index (Phi) is 8.83. The van der Waals surface area contributed by atoms with Gasteiger partial charge in [0.1, 0.15) is 17.7 Å². The lowest BCUT2D eigenvalue weighted by Crippen LogP contribution is -2.61. The van der Waals surface area contributed by atoms with Crippen molar-refractivity contribution in [3.8, 4) is 0 Å². The molecule has 1 aromatic heterocycles. The maximum Gasteiger partial charge on any atom is 0.411 e. The van der Waals surface area contributed by atoms with Crippen LogP contribution in [0.25, 0.3) is 11.0 Å². The summed E-state index contributed by atoms with van der Waals surface area (Å²) in [6.45, 7) is 6.54. The second kappa shape index (κ2) is 11.9. The zero-order valence-corrected chi connectivity index (χ0v) is 25.3. The van der Waals surface area contributed by atoms with Gasteiger partial charge in [-0.3, -0.25) is 43.4 Å². The van der Waals surface area contributed by atoms with Crippen molar-refractivity contribution in [1.29, 1.82) is 0 Å². The number of rotatable bonds is 7. The number of nitrogens with one attached hydrogen (secondary N) is 2. The SMILES string of the molecule is Cn1c(=O)n(C2CCC(=O)NC2=O)c2ccc(CCCN3CCN(C(=O)OC(C)(C)C)[C@H](C(=O)NS(C)(=O)=O)C3)cc21. The monoisotopic (exact) mass is 606 g/mol. The van der Waals surface area contributed by atoms with Crippen LogP contribution in [0.2, 0.25) is 0 Å². The van der Waals surface area contributed by atoms with Crippen LogP contribution in [0.1, 0.15) is 51.6 Å². The van der Waals surface area contributed by atoms with Crippen LogP contribution < -0.4 is 15.7 Å². The summed E-state index contributed by atoms with van der Waals surface area (Å²) >= 11 is 0. The Bertz CT molecular complexity index is 1570. The van der Waals surface area contributed by atoms with Crippen molar-refractivity contribution in [2.45, 2.75) is 64.1 Å². The quantitative estimate of drug-likeness (QED) is 0.420. The summed E-state index contributed by atoms with van der Waals surface area (Å²) in [4.78, 5) is 65.9. The smallest absolute Gasteiger partial charge is 0.411 e. The highest BCUT2D eigenvalue weighted by Gasteiger charge is 2.38. The fourth-order valence-corrected chi connectivity index (χ4v) is 5.86. The van der Waals surface area contributed by atoms with Gasteiger partial charge in [-0.05, 0) is 64.3 Å². The molecule has 1 aromatic carbocycles. The average molecular weight is 607 g/mol. The van der Waals surface area contributed by atoms with Crippen molar-refractivity contribution < 1.29 is 32.3 Å². The van der Waals surface area contributed by atoms with Gasteiger partial charge in [-0.2, -0.15) is 0 Å². The van der Waals surface area contributed by atoms with Gasteiger partial charge in [0.2, 0.25) is 21.8 Å². The molecular weight excluding hydrogens is 568 g/mol. The minimum Gasteiger partial charge on any atom is -0.444 e. The third kappa shape index (κ3) is 7.18. The van der Waals surface area contributed by atoms with E-state index in [1.807, 2.05) is 21.8 Å². The third-order valence-electron chi connectivity index (χ3n) is 7.30. The first-order chi connectivity index (χ1) is 19.5. The predicted octanol–water partition coefficient (Wildman–Crippen LogP) is 0.247. The molecule has 230 valence electrons. The highest BCUT2D eigenvalue weighted by molar-refractivity contribution is 7.89. The van der Waals surface area contributed by atoms with Gasteiger partial charge < -0.3 is 4.74 Å². The second-order valence-corrected chi connectivity index (χ2v) is 13.6. The van der Waals surface area contributed by atoms with E-state index < -0.39 is 45.6 Å². The first kappa shape index (κ1) is 31.2. The number of aromatic nitrogens is 2. The third-order valence-corrected chi connectivity index (χ3v) is 7.87. The Morgan fingerprint density at radius 3 is 2.48 bits per heavy atom. The molecule has 2 saturated heterocycles. The van der Waals surface area contributed by atoms with Gasteiger partial charge in [0, 0.05) is 33.1 Å². The molecule has 0 radical (unpaired) electrons. The van der Waals surface area contributed by atoms with Crippen LogP contribution in [-0.4, -0.2) is 95.2 Å². The van der Waals surface area contributed by atoms with Crippen molar-refractivity contribution in [1.82, 2.24) is 29.0 Å². The molecule has 15 heteroatoms. The number of sulfonamides is 1. The number of fused-ring (bicyclic) bond motifs is 1. The van der Waals surface area contributed by atoms with Crippen molar-refractivity contribution in [2.24, 2.45) is 7.05 Å². The molecule has 2 N–H and O–H groups in total. The molecule has 0 aliphatic carbocycles. The number of ether oxygens (including phenoxy) is 1. The summed E-state index contributed by atoms with van der Waals surface area (Å²) in [5, 5.41) is 2.30. The van der Waals surface area contributed by atoms with Gasteiger partial charge in [-0.1, -0.05) is 6.07 Å². The minimum atomic E-state index is -3.82. The van der Waals surface area contributed by atoms with Crippen molar-refractivity contribution in [2.75, 3.05) is 32.4 Å². The number of imide groups is 1. The standard InChI is InChI=1S/C27H38N6O8S/c1-27(2,3)41-26(38)32-14-13-31(16-21(32)24(36)29-42(5,39)40)12-6-7-17-8-9-18-20(15-17)30(4)25(37)33(18)19-10-11-22(34)28-23(19)35/h8-9,15,19,21H,6-7,10-14,16H2,1-5H3,(H,29,36)(H,28,34,35)/t19?,21-/m0/s1. The number of amides is 4. The van der Waals surface area contributed by atoms with Gasteiger partial charge in [0.05, 0.1) is 17.3 Å². The Labute approximate surface area is 244 Å². The normalized spacial score (nSPS) is 20.5. The number of piperazine rings is 1. The number of benzene rings is 1. The van der Waals surface area contributed by atoms with Crippen LogP contribution in [0.4, 0.5) is 4.79 Å². The number of hydrogen-bond donors (Lipinski definition) is 2. The number of carbonyl (C=O) groups excluding carboxylic acids is 4. The van der Waals surface area contributed by atoms with Crippen LogP contribution >= 0.6 is 0 Å². The molecule has 2 aliphatic heterocycles. The number of imidazole rings is 1. The Hall–Kier alpha value is -3.72. The predicted molar refractivity (Wildman–Crippen MR) is 153 cm³/mol. The Morgan fingerprint density at radius 2 is 1.83 bits per heavy atom. The molecule has 2 aliphatic rings. The fourth-order valence-electron chi connectivity index (χ4n) is 5.36. The summed E-state index contributed by atoms with van der Waals surface area (Å²) in [7, 11) is -2.18. The Balaban J connectivity index is 1.44. The minimum absolute atomic E-state index is 0.142. The first-order valence-corrected chi connectivity index (χ1v) is 15.7. The maximum atomic E-state index is 13.0. The highest BCUT2D eigenvalue weighted by atomic mass is 32.2. The molecule has 14 nitrogen and oxygen atoms in total. The molecule has 4 amide bonds. The van der Waals surface area contributed by atoms with Crippen molar-refractivity contribution >= 4 is 44.9 Å². The molecule has 42 heavy (non-hydrogen) atoms. The van der Waals surface area contributed by atoms with E-state index in [1.165, 1.54) is 14.0 Å². The summed E-state index contributed by atoms with van der Waals surface area (Å²) in [6, 6.07) is 3.81. The number of hydrogen-bond acceptors (Lipinski definition) is 9. The summed E-state index contributed by atoms with van der Waals surface area (Å²) in [6.07, 6.45) is 1.98. The molecule has 3 heterocycles. The second-order valence-electron chi connectivity index (χ2n) is 11.8. The Morgan fingerprint density at radius 1 is 1.12 bits per heavy atom. The van der Waals surface area contributed by atoms with Gasteiger partial charge in [0.15, 0.2) is 0 Å². The molecule has 2 aromatic rings. The molecule has 0 saturated carbocycles. The molecule has 4 rings (SSSR count). The van der Waals surface area contributed by atoms with E-state index in [0.717, 1.165) is 11.8 Å². The highest BCUT2D eigenvalue weighted by Crippen LogP contribution is 2.24. The lowest BCUT2D eigenvalue weighted by molar-refractivity contribution is -0.135. The molecule has 2 fully saturated rings. The van der Waals surface area contributed by atoms with E-state index >= 15 is 0 Å². The lowest BCUT2D eigenvalue weighted by atomic mass is 10.0. The van der Waals surface area contributed by atoms with Crippen LogP contribution in [0.3, 0.4) is 0 Å². The zero-order valence-electron chi connectivity index (χ0n) is 24.5.